The van der Waals surface area contributed by atoms with Gasteiger partial charge in [0.25, 0.3) is 0 Å². The van der Waals surface area contributed by atoms with Crippen molar-refractivity contribution in [3.63, 3.8) is 0 Å². The highest BCUT2D eigenvalue weighted by molar-refractivity contribution is 5.89. The molecule has 1 aliphatic heterocycles. The van der Waals surface area contributed by atoms with Gasteiger partial charge in [-0.3, -0.25) is 4.79 Å². The maximum atomic E-state index is 12.4. The second-order valence-corrected chi connectivity index (χ2v) is 6.31. The Morgan fingerprint density at radius 2 is 2.00 bits per heavy atom. The molecule has 0 saturated carbocycles. The van der Waals surface area contributed by atoms with Crippen LogP contribution in [0.3, 0.4) is 0 Å². The first-order valence-electron chi connectivity index (χ1n) is 8.24. The highest BCUT2D eigenvalue weighted by Gasteiger charge is 2.24. The molecule has 0 spiro atoms. The maximum Gasteiger partial charge on any atom is 0.224 e. The van der Waals surface area contributed by atoms with E-state index in [4.69, 9.17) is 4.74 Å². The van der Waals surface area contributed by atoms with Crippen molar-refractivity contribution in [2.45, 2.75) is 12.3 Å². The van der Waals surface area contributed by atoms with Crippen molar-refractivity contribution < 1.29 is 9.53 Å². The molecule has 0 bridgehead atoms. The largest absolute Gasteiger partial charge is 0.493 e. The molecule has 0 fully saturated rings. The number of benzene rings is 2. The van der Waals surface area contributed by atoms with Crippen LogP contribution in [0.2, 0.25) is 0 Å². The molecule has 4 heteroatoms. The summed E-state index contributed by atoms with van der Waals surface area (Å²) >= 11 is 0. The lowest BCUT2D eigenvalue weighted by Crippen LogP contribution is -2.30. The van der Waals surface area contributed by atoms with E-state index in [1.54, 1.807) is 0 Å². The average Bonchev–Trinajstić information content (AvgIpc) is 3.15. The lowest BCUT2D eigenvalue weighted by atomic mass is 10.0. The summed E-state index contributed by atoms with van der Waals surface area (Å²) in [7, 11) is 2.01. The highest BCUT2D eigenvalue weighted by Crippen LogP contribution is 2.32. The van der Waals surface area contributed by atoms with Gasteiger partial charge in [0.2, 0.25) is 5.91 Å². The molecule has 24 heavy (non-hydrogen) atoms. The zero-order valence-corrected chi connectivity index (χ0v) is 13.7. The summed E-state index contributed by atoms with van der Waals surface area (Å²) in [5, 5.41) is 4.20. The second-order valence-electron chi connectivity index (χ2n) is 6.31. The Morgan fingerprint density at radius 3 is 2.92 bits per heavy atom. The molecule has 1 amide bonds. The number of para-hydroxylation sites is 2. The molecule has 1 N–H and O–H groups in total. The van der Waals surface area contributed by atoms with Gasteiger partial charge in [0.05, 0.1) is 13.0 Å². The lowest BCUT2D eigenvalue weighted by molar-refractivity contribution is -0.120. The summed E-state index contributed by atoms with van der Waals surface area (Å²) in [5.41, 5.74) is 3.40. The van der Waals surface area contributed by atoms with Gasteiger partial charge in [0.1, 0.15) is 5.75 Å². The Bertz CT molecular complexity index is 898. The van der Waals surface area contributed by atoms with Crippen LogP contribution in [0.15, 0.2) is 54.7 Å². The predicted octanol–water partition coefficient (Wildman–Crippen LogP) is 3.01. The zero-order chi connectivity index (χ0) is 16.5. The van der Waals surface area contributed by atoms with Gasteiger partial charge >= 0.3 is 0 Å². The van der Waals surface area contributed by atoms with Crippen LogP contribution in [0.25, 0.3) is 10.9 Å². The molecule has 4 nitrogen and oxygen atoms in total. The van der Waals surface area contributed by atoms with Crippen LogP contribution in [0.5, 0.6) is 5.75 Å². The number of hydrogen-bond acceptors (Lipinski definition) is 2. The van der Waals surface area contributed by atoms with Gasteiger partial charge in [0, 0.05) is 42.2 Å². The predicted molar refractivity (Wildman–Crippen MR) is 94.3 cm³/mol. The van der Waals surface area contributed by atoms with Crippen LogP contribution in [0, 0.1) is 0 Å². The van der Waals surface area contributed by atoms with Crippen molar-refractivity contribution in [1.82, 2.24) is 9.88 Å². The van der Waals surface area contributed by atoms with Crippen LogP contribution in [-0.2, 0) is 18.3 Å². The van der Waals surface area contributed by atoms with Crippen molar-refractivity contribution >= 4 is 16.8 Å². The molecule has 3 aromatic rings. The second kappa shape index (κ2) is 6.04. The standard InChI is InChI=1S/C20H20N2O2/c1-22-12-14(16-6-2-4-8-18(16)22)10-20(23)21-11-15-13-24-19-9-5-3-7-17(15)19/h2-9,12,15H,10-11,13H2,1H3,(H,21,23). The molecular weight excluding hydrogens is 300 g/mol. The third kappa shape index (κ3) is 2.64. The Hall–Kier alpha value is -2.75. The number of rotatable bonds is 4. The number of aromatic nitrogens is 1. The van der Waals surface area contributed by atoms with E-state index in [9.17, 15) is 4.79 Å². The van der Waals surface area contributed by atoms with E-state index in [0.717, 1.165) is 22.2 Å². The molecule has 1 atom stereocenters. The SMILES string of the molecule is Cn1cc(CC(=O)NCC2COc3ccccc32)c2ccccc21. The van der Waals surface area contributed by atoms with Crippen LogP contribution in [-0.4, -0.2) is 23.6 Å². The zero-order valence-electron chi connectivity index (χ0n) is 13.7. The van der Waals surface area contributed by atoms with Gasteiger partial charge in [0.15, 0.2) is 0 Å². The van der Waals surface area contributed by atoms with Gasteiger partial charge in [-0.25, -0.2) is 0 Å². The van der Waals surface area contributed by atoms with Crippen molar-refractivity contribution in [3.8, 4) is 5.75 Å². The fourth-order valence-electron chi connectivity index (χ4n) is 3.44. The van der Waals surface area contributed by atoms with E-state index in [1.807, 2.05) is 43.6 Å². The first-order chi connectivity index (χ1) is 11.7. The van der Waals surface area contributed by atoms with Crippen molar-refractivity contribution in [2.24, 2.45) is 7.05 Å². The lowest BCUT2D eigenvalue weighted by Gasteiger charge is -2.10. The van der Waals surface area contributed by atoms with Gasteiger partial charge < -0.3 is 14.6 Å². The summed E-state index contributed by atoms with van der Waals surface area (Å²) in [5.74, 6) is 1.22. The molecule has 122 valence electrons. The van der Waals surface area contributed by atoms with E-state index < -0.39 is 0 Å². The summed E-state index contributed by atoms with van der Waals surface area (Å²) in [6, 6.07) is 16.2. The number of fused-ring (bicyclic) bond motifs is 2. The summed E-state index contributed by atoms with van der Waals surface area (Å²) in [4.78, 5) is 12.4. The van der Waals surface area contributed by atoms with Crippen LogP contribution >= 0.6 is 0 Å². The van der Waals surface area contributed by atoms with Crippen LogP contribution in [0.1, 0.15) is 17.0 Å². The third-order valence-electron chi connectivity index (χ3n) is 4.67. The van der Waals surface area contributed by atoms with Gasteiger partial charge in [-0.1, -0.05) is 36.4 Å². The van der Waals surface area contributed by atoms with Crippen molar-refractivity contribution in [3.05, 3.63) is 65.9 Å². The molecule has 1 aliphatic rings. The fourth-order valence-corrected chi connectivity index (χ4v) is 3.44. The molecule has 1 unspecified atom stereocenters. The minimum atomic E-state index is 0.0516. The molecule has 2 aromatic carbocycles. The normalized spacial score (nSPS) is 16.0. The Balaban J connectivity index is 1.42. The molecule has 0 radical (unpaired) electrons. The quantitative estimate of drug-likeness (QED) is 0.803. The molecular formula is C20H20N2O2. The van der Waals surface area contributed by atoms with E-state index in [2.05, 4.69) is 28.1 Å². The number of nitrogens with zero attached hydrogens (tertiary/aromatic N) is 1. The number of ether oxygens (including phenoxy) is 1. The van der Waals surface area contributed by atoms with Crippen molar-refractivity contribution in [1.29, 1.82) is 0 Å². The molecule has 0 saturated heterocycles. The third-order valence-corrected chi connectivity index (χ3v) is 4.67. The summed E-state index contributed by atoms with van der Waals surface area (Å²) < 4.78 is 7.74. The number of carbonyl (C=O) groups excluding carboxylic acids is 1. The first-order valence-corrected chi connectivity index (χ1v) is 8.24. The number of hydrogen-bond donors (Lipinski definition) is 1. The Morgan fingerprint density at radius 1 is 1.21 bits per heavy atom. The van der Waals surface area contributed by atoms with Gasteiger partial charge in [-0.05, 0) is 17.7 Å². The monoisotopic (exact) mass is 320 g/mol. The Labute approximate surface area is 141 Å². The average molecular weight is 320 g/mol. The summed E-state index contributed by atoms with van der Waals surface area (Å²) in [6.07, 6.45) is 2.44. The van der Waals surface area contributed by atoms with Crippen molar-refractivity contribution in [2.75, 3.05) is 13.2 Å². The number of amides is 1. The first kappa shape index (κ1) is 14.8. The van der Waals surface area contributed by atoms with Crippen LogP contribution < -0.4 is 10.1 Å². The molecule has 2 heterocycles. The minimum Gasteiger partial charge on any atom is -0.493 e. The van der Waals surface area contributed by atoms with E-state index in [1.165, 1.54) is 5.56 Å². The highest BCUT2D eigenvalue weighted by atomic mass is 16.5. The molecule has 4 rings (SSSR count). The van der Waals surface area contributed by atoms with E-state index >= 15 is 0 Å². The smallest absolute Gasteiger partial charge is 0.224 e. The van der Waals surface area contributed by atoms with E-state index in [-0.39, 0.29) is 11.8 Å². The summed E-state index contributed by atoms with van der Waals surface area (Å²) in [6.45, 7) is 1.24. The topological polar surface area (TPSA) is 43.3 Å². The number of aryl methyl sites for hydroxylation is 1. The Kier molecular flexibility index (Phi) is 3.73. The van der Waals surface area contributed by atoms with Gasteiger partial charge in [-0.15, -0.1) is 0 Å². The number of nitrogens with one attached hydrogen (secondary N) is 1. The maximum absolute atomic E-state index is 12.4. The molecule has 1 aromatic heterocycles. The fraction of sp³-hybridized carbons (Fsp3) is 0.250. The minimum absolute atomic E-state index is 0.0516. The van der Waals surface area contributed by atoms with Crippen LogP contribution in [0.4, 0.5) is 0 Å². The van der Waals surface area contributed by atoms with Gasteiger partial charge in [-0.2, -0.15) is 0 Å². The number of carbonyl (C=O) groups is 1. The molecule has 0 aliphatic carbocycles. The van der Waals surface area contributed by atoms with E-state index in [0.29, 0.717) is 19.6 Å².